The highest BCUT2D eigenvalue weighted by Crippen LogP contribution is 2.04. The van der Waals surface area contributed by atoms with Crippen LogP contribution in [0.5, 0.6) is 0 Å². The van der Waals surface area contributed by atoms with Crippen molar-refractivity contribution in [3.8, 4) is 0 Å². The van der Waals surface area contributed by atoms with Crippen molar-refractivity contribution in [3.63, 3.8) is 0 Å². The minimum Gasteiger partial charge on any atom is -0.296 e. The van der Waals surface area contributed by atoms with Crippen LogP contribution >= 0.6 is 0 Å². The van der Waals surface area contributed by atoms with E-state index in [1.807, 2.05) is 0 Å². The number of nitrogens with zero attached hydrogens (tertiary/aromatic N) is 2. The zero-order chi connectivity index (χ0) is 11.8. The van der Waals surface area contributed by atoms with Crippen molar-refractivity contribution >= 4 is 9.93 Å². The molecule has 1 heterocycles. The van der Waals surface area contributed by atoms with E-state index in [1.54, 1.807) is 19.6 Å². The van der Waals surface area contributed by atoms with Crippen molar-refractivity contribution in [1.29, 1.82) is 0 Å². The van der Waals surface area contributed by atoms with Crippen LogP contribution in [0.3, 0.4) is 0 Å². The summed E-state index contributed by atoms with van der Waals surface area (Å²) in [5.41, 5.74) is -0.240. The van der Waals surface area contributed by atoms with Gasteiger partial charge in [-0.05, 0) is 0 Å². The molecule has 15 heavy (non-hydrogen) atoms. The average molecular weight is 231 g/mol. The Labute approximate surface area is 88.8 Å². The lowest BCUT2D eigenvalue weighted by molar-refractivity contribution is 0.587. The second-order valence-electron chi connectivity index (χ2n) is 3.96. The van der Waals surface area contributed by atoms with Crippen LogP contribution in [0, 0.1) is 0 Å². The third-order valence-corrected chi connectivity index (χ3v) is 3.11. The summed E-state index contributed by atoms with van der Waals surface area (Å²) in [5, 5.41) is 0. The maximum Gasteiger partial charge on any atom is 0.330 e. The summed E-state index contributed by atoms with van der Waals surface area (Å²) in [4.78, 5) is 22.9. The predicted octanol–water partition coefficient (Wildman–Crippen LogP) is -0.657. The van der Waals surface area contributed by atoms with Gasteiger partial charge in [-0.1, -0.05) is 0 Å². The molecule has 5 nitrogen and oxygen atoms in total. The van der Waals surface area contributed by atoms with E-state index in [2.05, 4.69) is 0 Å². The Morgan fingerprint density at radius 1 is 1.20 bits per heavy atom. The molecule has 1 aromatic rings. The summed E-state index contributed by atoms with van der Waals surface area (Å²) in [6.07, 6.45) is 3.21. The standard InChI is InChI=1S/C9H15N2O3S/c1-10-7(6-15(3,4)14)5-8(12)11(2)9(10)13/h5H,6H2,1-4H3/q+1. The maximum atomic E-state index is 11.6. The first-order valence-corrected chi connectivity index (χ1v) is 6.94. The Morgan fingerprint density at radius 2 is 1.73 bits per heavy atom. The van der Waals surface area contributed by atoms with Gasteiger partial charge >= 0.3 is 5.69 Å². The van der Waals surface area contributed by atoms with Gasteiger partial charge < -0.3 is 0 Å². The summed E-state index contributed by atoms with van der Waals surface area (Å²) in [6.45, 7) is 0. The molecular formula is C9H15N2O3S+. The molecule has 0 N–H and O–H groups in total. The molecule has 84 valence electrons. The van der Waals surface area contributed by atoms with Crippen LogP contribution in [0.15, 0.2) is 15.7 Å². The van der Waals surface area contributed by atoms with E-state index in [0.717, 1.165) is 4.57 Å². The van der Waals surface area contributed by atoms with Crippen molar-refractivity contribution in [2.75, 3.05) is 12.5 Å². The highest BCUT2D eigenvalue weighted by molar-refractivity contribution is 8.00. The van der Waals surface area contributed by atoms with Gasteiger partial charge in [-0.15, -0.1) is 4.21 Å². The van der Waals surface area contributed by atoms with Gasteiger partial charge in [0.05, 0.1) is 15.6 Å². The molecule has 0 saturated heterocycles. The van der Waals surface area contributed by atoms with Crippen LogP contribution in [-0.4, -0.2) is 21.6 Å². The van der Waals surface area contributed by atoms with Crippen LogP contribution in [0.25, 0.3) is 0 Å². The number of rotatable bonds is 2. The smallest absolute Gasteiger partial charge is 0.296 e. The van der Waals surface area contributed by atoms with Crippen molar-refractivity contribution in [2.45, 2.75) is 5.75 Å². The van der Waals surface area contributed by atoms with Crippen LogP contribution in [0.4, 0.5) is 0 Å². The second-order valence-corrected chi connectivity index (χ2v) is 7.12. The number of aromatic nitrogens is 2. The van der Waals surface area contributed by atoms with Crippen molar-refractivity contribution in [3.05, 3.63) is 32.6 Å². The molecule has 0 amide bonds. The van der Waals surface area contributed by atoms with Gasteiger partial charge in [-0.2, -0.15) is 0 Å². The van der Waals surface area contributed by atoms with Gasteiger partial charge in [0.15, 0.2) is 5.75 Å². The first-order chi connectivity index (χ1) is 6.72. The first-order valence-electron chi connectivity index (χ1n) is 4.40. The Bertz CT molecular complexity index is 535. The van der Waals surface area contributed by atoms with Gasteiger partial charge in [0.2, 0.25) is 0 Å². The van der Waals surface area contributed by atoms with E-state index in [-0.39, 0.29) is 17.0 Å². The van der Waals surface area contributed by atoms with Gasteiger partial charge in [-0.3, -0.25) is 13.9 Å². The van der Waals surface area contributed by atoms with Crippen LogP contribution in [0.1, 0.15) is 5.69 Å². The van der Waals surface area contributed by atoms with E-state index < -0.39 is 9.93 Å². The SMILES string of the molecule is Cn1c(C[S+](C)(C)=O)cc(=O)n(C)c1=O. The Morgan fingerprint density at radius 3 is 2.20 bits per heavy atom. The summed E-state index contributed by atoms with van der Waals surface area (Å²) in [5.74, 6) is 0.245. The molecule has 1 rings (SSSR count). The molecule has 0 bridgehead atoms. The minimum absolute atomic E-state index is 0.245. The fourth-order valence-corrected chi connectivity index (χ4v) is 2.26. The summed E-state index contributed by atoms with van der Waals surface area (Å²) < 4.78 is 14.0. The minimum atomic E-state index is -2.00. The lowest BCUT2D eigenvalue weighted by Gasteiger charge is -2.08. The molecular weight excluding hydrogens is 216 g/mol. The summed E-state index contributed by atoms with van der Waals surface area (Å²) >= 11 is 0. The zero-order valence-corrected chi connectivity index (χ0v) is 10.1. The third-order valence-electron chi connectivity index (χ3n) is 2.12. The topological polar surface area (TPSA) is 61.1 Å². The highest BCUT2D eigenvalue weighted by atomic mass is 32.2. The Balaban J connectivity index is 3.40. The largest absolute Gasteiger partial charge is 0.330 e. The van der Waals surface area contributed by atoms with E-state index in [4.69, 9.17) is 0 Å². The van der Waals surface area contributed by atoms with Crippen molar-refractivity contribution < 1.29 is 4.21 Å². The quantitative estimate of drug-likeness (QED) is 0.635. The van der Waals surface area contributed by atoms with Crippen LogP contribution < -0.4 is 11.2 Å². The molecule has 0 fully saturated rings. The molecule has 0 atom stereocenters. The molecule has 0 aliphatic carbocycles. The van der Waals surface area contributed by atoms with Crippen molar-refractivity contribution in [1.82, 2.24) is 9.13 Å². The van der Waals surface area contributed by atoms with E-state index in [9.17, 15) is 13.8 Å². The summed E-state index contributed by atoms with van der Waals surface area (Å²) in [7, 11) is 0.988. The average Bonchev–Trinajstić information content (AvgIpc) is 2.08. The van der Waals surface area contributed by atoms with E-state index in [0.29, 0.717) is 5.69 Å². The van der Waals surface area contributed by atoms with E-state index >= 15 is 0 Å². The van der Waals surface area contributed by atoms with Gasteiger partial charge in [-0.25, -0.2) is 4.79 Å². The molecule has 1 aromatic heterocycles. The Kier molecular flexibility index (Phi) is 2.99. The molecule has 0 radical (unpaired) electrons. The summed E-state index contributed by atoms with van der Waals surface area (Å²) in [6, 6.07) is 1.36. The molecule has 6 heteroatoms. The van der Waals surface area contributed by atoms with Crippen LogP contribution in [-0.2, 0) is 34.0 Å². The first kappa shape index (κ1) is 11.9. The van der Waals surface area contributed by atoms with Gasteiger partial charge in [0.25, 0.3) is 5.56 Å². The predicted molar refractivity (Wildman–Crippen MR) is 60.5 cm³/mol. The molecule has 0 aromatic carbocycles. The molecule has 0 saturated carbocycles. The molecule has 0 unspecified atom stereocenters. The van der Waals surface area contributed by atoms with Crippen molar-refractivity contribution in [2.24, 2.45) is 14.1 Å². The number of hydrogen-bond acceptors (Lipinski definition) is 3. The highest BCUT2D eigenvalue weighted by Gasteiger charge is 2.17. The normalized spacial score (nSPS) is 11.7. The molecule has 0 aliphatic heterocycles. The van der Waals surface area contributed by atoms with E-state index in [1.165, 1.54) is 17.7 Å². The lowest BCUT2D eigenvalue weighted by Crippen LogP contribution is -2.38. The van der Waals surface area contributed by atoms with Gasteiger partial charge in [0, 0.05) is 20.2 Å². The Hall–Kier alpha value is -1.17. The lowest BCUT2D eigenvalue weighted by atomic mass is 10.4. The zero-order valence-electron chi connectivity index (χ0n) is 9.31. The number of hydrogen-bond donors (Lipinski definition) is 0. The fraction of sp³-hybridized carbons (Fsp3) is 0.556. The monoisotopic (exact) mass is 231 g/mol. The molecule has 0 spiro atoms. The van der Waals surface area contributed by atoms with Crippen LogP contribution in [0.2, 0.25) is 0 Å². The maximum absolute atomic E-state index is 11.6. The second kappa shape index (κ2) is 3.77. The molecule has 0 aliphatic rings. The van der Waals surface area contributed by atoms with Gasteiger partial charge in [0.1, 0.15) is 12.5 Å². The third kappa shape index (κ3) is 2.65. The fourth-order valence-electron chi connectivity index (χ4n) is 1.27.